The average Bonchev–Trinajstić information content (AvgIpc) is 2.97. The Morgan fingerprint density at radius 3 is 2.95 bits per heavy atom. The van der Waals surface area contributed by atoms with Crippen LogP contribution in [-0.4, -0.2) is 28.8 Å². The van der Waals surface area contributed by atoms with Crippen molar-refractivity contribution >= 4 is 17.6 Å². The van der Waals surface area contributed by atoms with Crippen LogP contribution in [0.25, 0.3) is 10.6 Å². The summed E-state index contributed by atoms with van der Waals surface area (Å²) < 4.78 is 0. The zero-order valence-electron chi connectivity index (χ0n) is 11.4. The van der Waals surface area contributed by atoms with Gasteiger partial charge in [0.1, 0.15) is 11.3 Å². The number of thiazole rings is 1. The molecule has 1 aliphatic rings. The van der Waals surface area contributed by atoms with Crippen LogP contribution in [0.4, 0.5) is 0 Å². The zero-order chi connectivity index (χ0) is 13.8. The number of hydrogen-bond acceptors (Lipinski definition) is 4. The number of carbonyl (C=O) groups is 1. The Morgan fingerprint density at radius 2 is 2.15 bits per heavy atom. The topological polar surface area (TPSA) is 33.2 Å². The van der Waals surface area contributed by atoms with E-state index in [4.69, 9.17) is 4.98 Å². The third-order valence-corrected chi connectivity index (χ3v) is 4.70. The second-order valence-corrected chi connectivity index (χ2v) is 6.04. The van der Waals surface area contributed by atoms with E-state index in [0.717, 1.165) is 48.5 Å². The number of nitrogens with zero attached hydrogens (tertiary/aromatic N) is 2. The van der Waals surface area contributed by atoms with Crippen LogP contribution in [-0.2, 0) is 11.3 Å². The highest BCUT2D eigenvalue weighted by atomic mass is 32.1. The average molecular weight is 286 g/mol. The second-order valence-electron chi connectivity index (χ2n) is 5.18. The Labute approximate surface area is 123 Å². The van der Waals surface area contributed by atoms with Gasteiger partial charge in [-0.05, 0) is 19.4 Å². The van der Waals surface area contributed by atoms with Crippen LogP contribution in [0.2, 0.25) is 0 Å². The number of likely N-dealkylation sites (tertiary alicyclic amines) is 1. The lowest BCUT2D eigenvalue weighted by Gasteiger charge is -2.31. The molecular weight excluding hydrogens is 268 g/mol. The minimum atomic E-state index is 0.0747. The lowest BCUT2D eigenvalue weighted by molar-refractivity contribution is -0.113. The number of piperidine rings is 1. The molecule has 0 radical (unpaired) electrons. The van der Waals surface area contributed by atoms with Crippen molar-refractivity contribution in [2.45, 2.75) is 31.8 Å². The molecule has 1 saturated heterocycles. The van der Waals surface area contributed by atoms with Crippen molar-refractivity contribution < 1.29 is 4.79 Å². The first-order valence-electron chi connectivity index (χ1n) is 7.06. The Balaban J connectivity index is 1.72. The smallest absolute Gasteiger partial charge is 0.137 e. The third kappa shape index (κ3) is 2.97. The number of aldehydes is 1. The van der Waals surface area contributed by atoms with Gasteiger partial charge in [-0.2, -0.15) is 0 Å². The zero-order valence-corrected chi connectivity index (χ0v) is 12.2. The summed E-state index contributed by atoms with van der Waals surface area (Å²) in [6, 6.07) is 10.3. The largest absolute Gasteiger partial charge is 0.302 e. The molecule has 2 aromatic rings. The van der Waals surface area contributed by atoms with Gasteiger partial charge in [0.05, 0.1) is 11.7 Å². The van der Waals surface area contributed by atoms with E-state index in [2.05, 4.69) is 22.4 Å². The molecule has 1 atom stereocenters. The molecule has 1 aliphatic heterocycles. The molecule has 0 N–H and O–H groups in total. The lowest BCUT2D eigenvalue weighted by Crippen LogP contribution is -2.39. The number of hydrogen-bond donors (Lipinski definition) is 0. The molecule has 1 aromatic carbocycles. The van der Waals surface area contributed by atoms with E-state index in [1.807, 2.05) is 18.2 Å². The van der Waals surface area contributed by atoms with E-state index >= 15 is 0 Å². The molecule has 1 aromatic heterocycles. The molecule has 0 saturated carbocycles. The van der Waals surface area contributed by atoms with Crippen LogP contribution in [0.5, 0.6) is 0 Å². The molecule has 2 heterocycles. The third-order valence-electron chi connectivity index (χ3n) is 3.76. The Morgan fingerprint density at radius 1 is 1.30 bits per heavy atom. The van der Waals surface area contributed by atoms with E-state index in [1.54, 1.807) is 11.3 Å². The highest BCUT2D eigenvalue weighted by molar-refractivity contribution is 7.13. The maximum atomic E-state index is 11.1. The van der Waals surface area contributed by atoms with Gasteiger partial charge in [0.25, 0.3) is 0 Å². The van der Waals surface area contributed by atoms with Crippen LogP contribution in [0.1, 0.15) is 25.0 Å². The first-order chi connectivity index (χ1) is 9.86. The van der Waals surface area contributed by atoms with Gasteiger partial charge >= 0.3 is 0 Å². The summed E-state index contributed by atoms with van der Waals surface area (Å²) in [4.78, 5) is 18.1. The fourth-order valence-electron chi connectivity index (χ4n) is 2.67. The standard InChI is InChI=1S/C16H18N2OS/c19-11-15-8-4-5-9-18(15)10-14-12-20-16(17-14)13-6-2-1-3-7-13/h1-3,6-7,11-12,15H,4-5,8-10H2. The molecule has 0 bridgehead atoms. The maximum absolute atomic E-state index is 11.1. The molecule has 1 fully saturated rings. The van der Waals surface area contributed by atoms with E-state index < -0.39 is 0 Å². The van der Waals surface area contributed by atoms with Crippen molar-refractivity contribution in [3.8, 4) is 10.6 Å². The molecule has 0 spiro atoms. The summed E-state index contributed by atoms with van der Waals surface area (Å²) in [5.74, 6) is 0. The van der Waals surface area contributed by atoms with E-state index in [1.165, 1.54) is 6.42 Å². The number of rotatable bonds is 4. The Hall–Kier alpha value is -1.52. The highest BCUT2D eigenvalue weighted by Crippen LogP contribution is 2.25. The minimum Gasteiger partial charge on any atom is -0.302 e. The van der Waals surface area contributed by atoms with Crippen molar-refractivity contribution in [2.24, 2.45) is 0 Å². The first kappa shape index (κ1) is 13.5. The second kappa shape index (κ2) is 6.29. The van der Waals surface area contributed by atoms with Crippen molar-refractivity contribution in [3.63, 3.8) is 0 Å². The van der Waals surface area contributed by atoms with Crippen LogP contribution in [0, 0.1) is 0 Å². The number of aromatic nitrogens is 1. The van der Waals surface area contributed by atoms with Crippen molar-refractivity contribution in [3.05, 3.63) is 41.4 Å². The molecule has 20 heavy (non-hydrogen) atoms. The Kier molecular flexibility index (Phi) is 4.23. The number of benzene rings is 1. The van der Waals surface area contributed by atoms with Crippen LogP contribution in [0.3, 0.4) is 0 Å². The molecule has 3 nitrogen and oxygen atoms in total. The molecule has 3 rings (SSSR count). The summed E-state index contributed by atoms with van der Waals surface area (Å²) in [7, 11) is 0. The van der Waals surface area contributed by atoms with Gasteiger partial charge in [-0.1, -0.05) is 36.8 Å². The van der Waals surface area contributed by atoms with E-state index in [0.29, 0.717) is 0 Å². The maximum Gasteiger partial charge on any atom is 0.137 e. The van der Waals surface area contributed by atoms with Gasteiger partial charge in [-0.15, -0.1) is 11.3 Å². The van der Waals surface area contributed by atoms with Gasteiger partial charge in [-0.3, -0.25) is 4.90 Å². The fraction of sp³-hybridized carbons (Fsp3) is 0.375. The van der Waals surface area contributed by atoms with Crippen LogP contribution < -0.4 is 0 Å². The SMILES string of the molecule is O=CC1CCCCN1Cc1csc(-c2ccccc2)n1. The predicted octanol–water partition coefficient (Wildman–Crippen LogP) is 3.36. The summed E-state index contributed by atoms with van der Waals surface area (Å²) in [6.45, 7) is 1.79. The quantitative estimate of drug-likeness (QED) is 0.808. The van der Waals surface area contributed by atoms with Crippen molar-refractivity contribution in [1.82, 2.24) is 9.88 Å². The predicted molar refractivity (Wildman–Crippen MR) is 81.7 cm³/mol. The molecule has 4 heteroatoms. The van der Waals surface area contributed by atoms with Crippen molar-refractivity contribution in [1.29, 1.82) is 0 Å². The monoisotopic (exact) mass is 286 g/mol. The van der Waals surface area contributed by atoms with Gasteiger partial charge in [0.15, 0.2) is 0 Å². The number of carbonyl (C=O) groups excluding carboxylic acids is 1. The summed E-state index contributed by atoms with van der Waals surface area (Å²) >= 11 is 1.67. The molecule has 0 amide bonds. The normalized spacial score (nSPS) is 19.9. The van der Waals surface area contributed by atoms with E-state index in [9.17, 15) is 4.79 Å². The van der Waals surface area contributed by atoms with Gasteiger partial charge in [0, 0.05) is 17.5 Å². The molecule has 0 aliphatic carbocycles. The summed E-state index contributed by atoms with van der Waals surface area (Å²) in [5.41, 5.74) is 2.23. The molecule has 1 unspecified atom stereocenters. The summed E-state index contributed by atoms with van der Waals surface area (Å²) in [5, 5.41) is 3.17. The fourth-order valence-corrected chi connectivity index (χ4v) is 3.49. The molecular formula is C16H18N2OS. The van der Waals surface area contributed by atoms with Crippen molar-refractivity contribution in [2.75, 3.05) is 6.54 Å². The first-order valence-corrected chi connectivity index (χ1v) is 7.94. The van der Waals surface area contributed by atoms with Gasteiger partial charge in [0.2, 0.25) is 0 Å². The van der Waals surface area contributed by atoms with E-state index in [-0.39, 0.29) is 6.04 Å². The van der Waals surface area contributed by atoms with Crippen LogP contribution in [0.15, 0.2) is 35.7 Å². The molecule has 104 valence electrons. The Bertz CT molecular complexity index is 567. The minimum absolute atomic E-state index is 0.0747. The van der Waals surface area contributed by atoms with Gasteiger partial charge in [-0.25, -0.2) is 4.98 Å². The highest BCUT2D eigenvalue weighted by Gasteiger charge is 2.22. The van der Waals surface area contributed by atoms with Gasteiger partial charge < -0.3 is 4.79 Å². The lowest BCUT2D eigenvalue weighted by atomic mass is 10.0. The van der Waals surface area contributed by atoms with Crippen LogP contribution >= 0.6 is 11.3 Å². The summed E-state index contributed by atoms with van der Waals surface area (Å²) in [6.07, 6.45) is 4.41.